The molecule has 3 aromatic carbocycles. The molecule has 0 radical (unpaired) electrons. The van der Waals surface area contributed by atoms with Gasteiger partial charge in [0, 0.05) is 5.02 Å². The second-order valence-corrected chi connectivity index (χ2v) is 8.05. The van der Waals surface area contributed by atoms with Gasteiger partial charge in [-0.05, 0) is 29.3 Å². The minimum atomic E-state index is -3.80. The van der Waals surface area contributed by atoms with Crippen molar-refractivity contribution in [2.75, 3.05) is 0 Å². The zero-order valence-corrected chi connectivity index (χ0v) is 15.5. The van der Waals surface area contributed by atoms with E-state index in [4.69, 9.17) is 17.3 Å². The van der Waals surface area contributed by atoms with Crippen molar-refractivity contribution in [3.63, 3.8) is 0 Å². The molecule has 0 bridgehead atoms. The van der Waals surface area contributed by atoms with Crippen LogP contribution >= 0.6 is 11.6 Å². The second kappa shape index (κ2) is 8.01. The van der Waals surface area contributed by atoms with E-state index in [-0.39, 0.29) is 4.90 Å². The molecule has 3 N–H and O–H groups in total. The van der Waals surface area contributed by atoms with Crippen LogP contribution in [0.5, 0.6) is 0 Å². The molecule has 3 aromatic rings. The maximum absolute atomic E-state index is 12.9. The molecule has 0 aliphatic rings. The number of nitrogens with one attached hydrogen (secondary N) is 1. The first-order valence-corrected chi connectivity index (χ1v) is 9.97. The first-order valence-electron chi connectivity index (χ1n) is 8.11. The molecule has 2 atom stereocenters. The molecule has 0 spiro atoms. The van der Waals surface area contributed by atoms with Gasteiger partial charge in [0.05, 0.1) is 17.0 Å². The van der Waals surface area contributed by atoms with Crippen molar-refractivity contribution in [2.24, 2.45) is 5.73 Å². The fourth-order valence-electron chi connectivity index (χ4n) is 2.75. The van der Waals surface area contributed by atoms with Crippen LogP contribution < -0.4 is 10.5 Å². The van der Waals surface area contributed by atoms with Crippen LogP contribution in [-0.2, 0) is 10.0 Å². The van der Waals surface area contributed by atoms with Crippen molar-refractivity contribution in [3.05, 3.63) is 101 Å². The Labute approximate surface area is 158 Å². The molecule has 0 fully saturated rings. The molecule has 0 amide bonds. The highest BCUT2D eigenvalue weighted by Crippen LogP contribution is 2.29. The van der Waals surface area contributed by atoms with Gasteiger partial charge < -0.3 is 5.73 Å². The highest BCUT2D eigenvalue weighted by molar-refractivity contribution is 7.89. The Balaban J connectivity index is 1.99. The fraction of sp³-hybridized carbons (Fsp3) is 0.100. The third-order valence-electron chi connectivity index (χ3n) is 4.09. The minimum Gasteiger partial charge on any atom is -0.322 e. The molecule has 4 nitrogen and oxygen atoms in total. The lowest BCUT2D eigenvalue weighted by molar-refractivity contribution is 0.504. The highest BCUT2D eigenvalue weighted by atomic mass is 35.5. The topological polar surface area (TPSA) is 72.2 Å². The molecule has 0 saturated carbocycles. The van der Waals surface area contributed by atoms with Gasteiger partial charge in [0.25, 0.3) is 0 Å². The molecular weight excluding hydrogens is 368 g/mol. The highest BCUT2D eigenvalue weighted by Gasteiger charge is 2.27. The predicted octanol–water partition coefficient (Wildman–Crippen LogP) is 4.06. The molecular formula is C20H19ClN2O2S. The normalized spacial score (nSPS) is 13.9. The lowest BCUT2D eigenvalue weighted by Gasteiger charge is -2.26. The van der Waals surface area contributed by atoms with E-state index in [1.54, 1.807) is 12.1 Å². The summed E-state index contributed by atoms with van der Waals surface area (Å²) in [6.07, 6.45) is 0. The van der Waals surface area contributed by atoms with E-state index >= 15 is 0 Å². The number of hydrogen-bond acceptors (Lipinski definition) is 3. The van der Waals surface area contributed by atoms with E-state index in [0.717, 1.165) is 11.1 Å². The van der Waals surface area contributed by atoms with Crippen LogP contribution in [0.3, 0.4) is 0 Å². The molecule has 3 rings (SSSR count). The lowest BCUT2D eigenvalue weighted by atomic mass is 9.95. The van der Waals surface area contributed by atoms with Gasteiger partial charge in [-0.1, -0.05) is 78.3 Å². The summed E-state index contributed by atoms with van der Waals surface area (Å²) in [6.45, 7) is 0. The van der Waals surface area contributed by atoms with Crippen LogP contribution in [0.15, 0.2) is 89.8 Å². The van der Waals surface area contributed by atoms with Crippen LogP contribution in [0.1, 0.15) is 23.2 Å². The summed E-state index contributed by atoms with van der Waals surface area (Å²) in [4.78, 5) is 0.103. The van der Waals surface area contributed by atoms with Crippen molar-refractivity contribution in [2.45, 2.75) is 17.0 Å². The number of hydrogen-bond donors (Lipinski definition) is 2. The van der Waals surface area contributed by atoms with Gasteiger partial charge in [-0.3, -0.25) is 0 Å². The molecule has 0 unspecified atom stereocenters. The zero-order valence-electron chi connectivity index (χ0n) is 13.9. The third kappa shape index (κ3) is 4.31. The van der Waals surface area contributed by atoms with Crippen molar-refractivity contribution in [3.8, 4) is 0 Å². The average molecular weight is 387 g/mol. The van der Waals surface area contributed by atoms with Crippen LogP contribution in [0, 0.1) is 0 Å². The summed E-state index contributed by atoms with van der Waals surface area (Å²) in [6, 6.07) is 23.7. The van der Waals surface area contributed by atoms with Crippen LogP contribution in [0.4, 0.5) is 0 Å². The maximum atomic E-state index is 12.9. The van der Waals surface area contributed by atoms with Crippen molar-refractivity contribution in [1.29, 1.82) is 0 Å². The predicted molar refractivity (Wildman–Crippen MR) is 104 cm³/mol. The quantitative estimate of drug-likeness (QED) is 0.671. The molecule has 0 heterocycles. The molecule has 0 aliphatic carbocycles. The van der Waals surface area contributed by atoms with Gasteiger partial charge in [0.2, 0.25) is 10.0 Å². The zero-order chi connectivity index (χ0) is 18.6. The van der Waals surface area contributed by atoms with E-state index in [9.17, 15) is 8.42 Å². The summed E-state index contributed by atoms with van der Waals surface area (Å²) < 4.78 is 28.5. The van der Waals surface area contributed by atoms with Crippen molar-refractivity contribution in [1.82, 2.24) is 4.72 Å². The first-order chi connectivity index (χ1) is 12.5. The van der Waals surface area contributed by atoms with Crippen LogP contribution in [-0.4, -0.2) is 8.42 Å². The van der Waals surface area contributed by atoms with Gasteiger partial charge in [-0.25, -0.2) is 13.1 Å². The summed E-state index contributed by atoms with van der Waals surface area (Å²) >= 11 is 5.95. The van der Waals surface area contributed by atoms with Gasteiger partial charge in [0.15, 0.2) is 0 Å². The summed E-state index contributed by atoms with van der Waals surface area (Å²) in [5.41, 5.74) is 8.06. The molecule has 6 heteroatoms. The molecule has 0 aliphatic heterocycles. The average Bonchev–Trinajstić information content (AvgIpc) is 2.67. The second-order valence-electron chi connectivity index (χ2n) is 5.90. The maximum Gasteiger partial charge on any atom is 0.241 e. The third-order valence-corrected chi connectivity index (χ3v) is 5.76. The van der Waals surface area contributed by atoms with Gasteiger partial charge in [-0.15, -0.1) is 0 Å². The minimum absolute atomic E-state index is 0.103. The Hall–Kier alpha value is -2.18. The van der Waals surface area contributed by atoms with E-state index in [0.29, 0.717) is 5.02 Å². The van der Waals surface area contributed by atoms with E-state index < -0.39 is 22.1 Å². The number of nitrogens with two attached hydrogens (primary N) is 1. The molecule has 134 valence electrons. The first kappa shape index (κ1) is 18.6. The van der Waals surface area contributed by atoms with Gasteiger partial charge in [-0.2, -0.15) is 0 Å². The molecule has 0 saturated heterocycles. The monoisotopic (exact) mass is 386 g/mol. The van der Waals surface area contributed by atoms with Crippen molar-refractivity contribution >= 4 is 21.6 Å². The summed E-state index contributed by atoms with van der Waals surface area (Å²) in [5.74, 6) is 0. The van der Waals surface area contributed by atoms with Crippen molar-refractivity contribution < 1.29 is 8.42 Å². The van der Waals surface area contributed by atoms with Crippen LogP contribution in [0.2, 0.25) is 5.02 Å². The summed E-state index contributed by atoms with van der Waals surface area (Å²) in [5, 5.41) is 0.358. The summed E-state index contributed by atoms with van der Waals surface area (Å²) in [7, 11) is -3.80. The molecule has 26 heavy (non-hydrogen) atoms. The Morgan fingerprint density at radius 2 is 1.38 bits per heavy atom. The van der Waals surface area contributed by atoms with Gasteiger partial charge in [0.1, 0.15) is 0 Å². The number of sulfonamides is 1. The van der Waals surface area contributed by atoms with Gasteiger partial charge >= 0.3 is 0 Å². The lowest BCUT2D eigenvalue weighted by Crippen LogP contribution is -2.36. The number of benzene rings is 3. The molecule has 0 aromatic heterocycles. The Bertz CT molecular complexity index is 963. The standard InChI is InChI=1S/C20H19ClN2O2S/c21-17-12-7-13-18(14-17)26(24,25)23-20(16-10-5-2-6-11-16)19(22)15-8-3-1-4-9-15/h1-14,19-20,23H,22H2/t19-,20-/m1/s1. The number of rotatable bonds is 6. The van der Waals surface area contributed by atoms with Crippen LogP contribution in [0.25, 0.3) is 0 Å². The van der Waals surface area contributed by atoms with E-state index in [2.05, 4.69) is 4.72 Å². The Kier molecular flexibility index (Phi) is 5.74. The smallest absolute Gasteiger partial charge is 0.241 e. The Morgan fingerprint density at radius 3 is 1.96 bits per heavy atom. The SMILES string of the molecule is N[C@H](c1ccccc1)[C@H](NS(=O)(=O)c1cccc(Cl)c1)c1ccccc1. The largest absolute Gasteiger partial charge is 0.322 e. The fourth-order valence-corrected chi connectivity index (χ4v) is 4.29. The van der Waals surface area contributed by atoms with E-state index in [1.165, 1.54) is 12.1 Å². The Morgan fingerprint density at radius 1 is 0.808 bits per heavy atom. The number of halogens is 1. The van der Waals surface area contributed by atoms with E-state index in [1.807, 2.05) is 60.7 Å².